The van der Waals surface area contributed by atoms with Crippen LogP contribution in [-0.2, 0) is 9.53 Å². The average molecular weight is 239 g/mol. The van der Waals surface area contributed by atoms with Crippen LogP contribution < -0.4 is 5.32 Å². The third-order valence-corrected chi connectivity index (χ3v) is 2.20. The number of hydrogen-bond donors (Lipinski definition) is 3. The first-order valence-corrected chi connectivity index (χ1v) is 4.86. The predicted molar refractivity (Wildman–Crippen MR) is 58.4 cm³/mol. The Hall–Kier alpha value is -2.08. The van der Waals surface area contributed by atoms with Gasteiger partial charge in [-0.15, -0.1) is 0 Å². The van der Waals surface area contributed by atoms with Crippen molar-refractivity contribution in [2.75, 3.05) is 7.11 Å². The van der Waals surface area contributed by atoms with Crippen molar-refractivity contribution < 1.29 is 24.5 Å². The number of amides is 1. The molecule has 0 aliphatic rings. The van der Waals surface area contributed by atoms with Gasteiger partial charge in [-0.3, -0.25) is 0 Å². The summed E-state index contributed by atoms with van der Waals surface area (Å²) in [5.74, 6) is -0.896. The lowest BCUT2D eigenvalue weighted by atomic mass is 10.0. The van der Waals surface area contributed by atoms with Crippen molar-refractivity contribution in [2.24, 2.45) is 0 Å². The van der Waals surface area contributed by atoms with E-state index in [0.29, 0.717) is 5.56 Å². The average Bonchev–Trinajstić information content (AvgIpc) is 2.35. The first-order valence-electron chi connectivity index (χ1n) is 4.86. The smallest absolute Gasteiger partial charge is 0.405 e. The van der Waals surface area contributed by atoms with Crippen LogP contribution in [0.4, 0.5) is 4.79 Å². The summed E-state index contributed by atoms with van der Waals surface area (Å²) in [5, 5.41) is 20.4. The Kier molecular flexibility index (Phi) is 4.47. The van der Waals surface area contributed by atoms with Crippen LogP contribution in [0.1, 0.15) is 11.6 Å². The Morgan fingerprint density at radius 2 is 1.88 bits per heavy atom. The number of carbonyl (C=O) groups excluding carboxylic acids is 1. The van der Waals surface area contributed by atoms with E-state index < -0.39 is 24.2 Å². The molecule has 92 valence electrons. The SMILES string of the molecule is COC(=O)[C@H](O)[C@@H](NC(=O)O)c1ccccc1. The van der Waals surface area contributed by atoms with E-state index in [0.717, 1.165) is 7.11 Å². The second-order valence-electron chi connectivity index (χ2n) is 3.31. The van der Waals surface area contributed by atoms with Crippen molar-refractivity contribution in [1.29, 1.82) is 0 Å². The Morgan fingerprint density at radius 1 is 1.29 bits per heavy atom. The Balaban J connectivity index is 2.95. The molecule has 0 bridgehead atoms. The maximum absolute atomic E-state index is 11.2. The molecule has 1 aromatic carbocycles. The molecule has 6 heteroatoms. The van der Waals surface area contributed by atoms with E-state index in [1.54, 1.807) is 30.3 Å². The molecule has 1 rings (SSSR count). The lowest BCUT2D eigenvalue weighted by molar-refractivity contribution is -0.152. The molecule has 3 N–H and O–H groups in total. The summed E-state index contributed by atoms with van der Waals surface area (Å²) >= 11 is 0. The van der Waals surface area contributed by atoms with Crippen molar-refractivity contribution in [2.45, 2.75) is 12.1 Å². The first-order chi connectivity index (χ1) is 8.06. The number of carbonyl (C=O) groups is 2. The highest BCUT2D eigenvalue weighted by atomic mass is 16.5. The van der Waals surface area contributed by atoms with E-state index in [4.69, 9.17) is 5.11 Å². The summed E-state index contributed by atoms with van der Waals surface area (Å²) in [6, 6.07) is 7.25. The Bertz CT molecular complexity index is 392. The molecule has 0 unspecified atom stereocenters. The highest BCUT2D eigenvalue weighted by Gasteiger charge is 2.29. The molecule has 1 amide bonds. The molecular formula is C11H13NO5. The van der Waals surface area contributed by atoms with Crippen LogP contribution in [0.25, 0.3) is 0 Å². The molecule has 0 aromatic heterocycles. The number of ether oxygens (including phenoxy) is 1. The summed E-state index contributed by atoms with van der Waals surface area (Å²) in [7, 11) is 1.12. The molecule has 0 saturated heterocycles. The molecule has 0 aliphatic heterocycles. The fraction of sp³-hybridized carbons (Fsp3) is 0.273. The van der Waals surface area contributed by atoms with Crippen LogP contribution in [0.3, 0.4) is 0 Å². The number of hydrogen-bond acceptors (Lipinski definition) is 4. The van der Waals surface area contributed by atoms with E-state index in [1.165, 1.54) is 0 Å². The third-order valence-electron chi connectivity index (χ3n) is 2.20. The van der Waals surface area contributed by atoms with Gasteiger partial charge in [0, 0.05) is 0 Å². The van der Waals surface area contributed by atoms with Gasteiger partial charge in [0.15, 0.2) is 6.10 Å². The molecule has 0 aliphatic carbocycles. The van der Waals surface area contributed by atoms with Gasteiger partial charge in [-0.2, -0.15) is 0 Å². The van der Waals surface area contributed by atoms with Crippen molar-refractivity contribution >= 4 is 12.1 Å². The van der Waals surface area contributed by atoms with Crippen LogP contribution in [0, 0.1) is 0 Å². The van der Waals surface area contributed by atoms with Crippen molar-refractivity contribution in [3.05, 3.63) is 35.9 Å². The topological polar surface area (TPSA) is 95.9 Å². The lowest BCUT2D eigenvalue weighted by Crippen LogP contribution is -2.40. The van der Waals surface area contributed by atoms with E-state index >= 15 is 0 Å². The second-order valence-corrected chi connectivity index (χ2v) is 3.31. The fourth-order valence-electron chi connectivity index (χ4n) is 1.39. The van der Waals surface area contributed by atoms with Gasteiger partial charge in [0.2, 0.25) is 0 Å². The summed E-state index contributed by atoms with van der Waals surface area (Å²) < 4.78 is 4.37. The minimum atomic E-state index is -1.58. The molecule has 0 heterocycles. The van der Waals surface area contributed by atoms with Gasteiger partial charge in [-0.05, 0) is 5.56 Å². The van der Waals surface area contributed by atoms with Gasteiger partial charge in [0.05, 0.1) is 13.2 Å². The van der Waals surface area contributed by atoms with Gasteiger partial charge >= 0.3 is 12.1 Å². The van der Waals surface area contributed by atoms with Crippen LogP contribution >= 0.6 is 0 Å². The second kappa shape index (κ2) is 5.86. The van der Waals surface area contributed by atoms with Crippen molar-refractivity contribution in [3.63, 3.8) is 0 Å². The first kappa shape index (κ1) is 13.0. The van der Waals surface area contributed by atoms with Crippen LogP contribution in [-0.4, -0.2) is 35.5 Å². The summed E-state index contributed by atoms with van der Waals surface area (Å²) in [4.78, 5) is 21.8. The summed E-state index contributed by atoms with van der Waals surface area (Å²) in [6.45, 7) is 0. The largest absolute Gasteiger partial charge is 0.467 e. The zero-order chi connectivity index (χ0) is 12.8. The third kappa shape index (κ3) is 3.46. The van der Waals surface area contributed by atoms with Gasteiger partial charge < -0.3 is 20.3 Å². The molecule has 17 heavy (non-hydrogen) atoms. The molecule has 2 atom stereocenters. The van der Waals surface area contributed by atoms with Crippen LogP contribution in [0.15, 0.2) is 30.3 Å². The minimum absolute atomic E-state index is 0.479. The number of methoxy groups -OCH3 is 1. The number of carboxylic acid groups (broad SMARTS) is 1. The van der Waals surface area contributed by atoms with Crippen molar-refractivity contribution in [3.8, 4) is 0 Å². The van der Waals surface area contributed by atoms with E-state index in [-0.39, 0.29) is 0 Å². The highest BCUT2D eigenvalue weighted by Crippen LogP contribution is 2.17. The standard InChI is InChI=1S/C11H13NO5/c1-17-10(14)9(13)8(12-11(15)16)7-5-3-2-4-6-7/h2-6,8-9,12-13H,1H3,(H,15,16)/t8-,9+/m0/s1. The fourth-order valence-corrected chi connectivity index (χ4v) is 1.39. The number of benzene rings is 1. The number of aliphatic hydroxyl groups is 1. The van der Waals surface area contributed by atoms with Gasteiger partial charge in [-0.25, -0.2) is 9.59 Å². The molecule has 0 saturated carbocycles. The Morgan fingerprint density at radius 3 is 2.35 bits per heavy atom. The van der Waals surface area contributed by atoms with E-state index in [9.17, 15) is 14.7 Å². The maximum Gasteiger partial charge on any atom is 0.405 e. The normalized spacial score (nSPS) is 13.5. The summed E-state index contributed by atoms with van der Waals surface area (Å²) in [6.07, 6.45) is -2.92. The van der Waals surface area contributed by atoms with Gasteiger partial charge in [0.1, 0.15) is 0 Å². The molecule has 0 fully saturated rings. The van der Waals surface area contributed by atoms with E-state index in [2.05, 4.69) is 10.1 Å². The predicted octanol–water partition coefficient (Wildman–Crippen LogP) is 0.529. The zero-order valence-electron chi connectivity index (χ0n) is 9.16. The summed E-state index contributed by atoms with van der Waals surface area (Å²) in [5.41, 5.74) is 0.479. The van der Waals surface area contributed by atoms with Gasteiger partial charge in [-0.1, -0.05) is 30.3 Å². The molecule has 6 nitrogen and oxygen atoms in total. The van der Waals surface area contributed by atoms with Crippen molar-refractivity contribution in [1.82, 2.24) is 5.32 Å². The number of nitrogens with one attached hydrogen (secondary N) is 1. The quantitative estimate of drug-likeness (QED) is 0.666. The van der Waals surface area contributed by atoms with E-state index in [1.807, 2.05) is 0 Å². The molecule has 0 spiro atoms. The maximum atomic E-state index is 11.2. The molecule has 1 aromatic rings. The minimum Gasteiger partial charge on any atom is -0.467 e. The highest BCUT2D eigenvalue weighted by molar-refractivity contribution is 5.77. The lowest BCUT2D eigenvalue weighted by Gasteiger charge is -2.21. The Labute approximate surface area is 97.8 Å². The van der Waals surface area contributed by atoms with Gasteiger partial charge in [0.25, 0.3) is 0 Å². The monoisotopic (exact) mass is 239 g/mol. The number of esters is 1. The molecular weight excluding hydrogens is 226 g/mol. The van der Waals surface area contributed by atoms with Crippen LogP contribution in [0.2, 0.25) is 0 Å². The molecule has 0 radical (unpaired) electrons. The number of rotatable bonds is 4. The zero-order valence-corrected chi connectivity index (χ0v) is 9.16. The van der Waals surface area contributed by atoms with Crippen LogP contribution in [0.5, 0.6) is 0 Å². The number of aliphatic hydroxyl groups excluding tert-OH is 1.